The summed E-state index contributed by atoms with van der Waals surface area (Å²) in [6.45, 7) is 7.75. The number of hydrogen-bond acceptors (Lipinski definition) is 4. The molecule has 6 heteroatoms. The molecule has 0 atom stereocenters. The molecule has 2 aliphatic rings. The van der Waals surface area contributed by atoms with Gasteiger partial charge in [0.15, 0.2) is 0 Å². The third kappa shape index (κ3) is 6.90. The lowest BCUT2D eigenvalue weighted by atomic mass is 9.89. The molecule has 174 valence electrons. The van der Waals surface area contributed by atoms with Crippen molar-refractivity contribution in [3.05, 3.63) is 70.3 Å². The monoisotopic (exact) mass is 446 g/mol. The van der Waals surface area contributed by atoms with Crippen LogP contribution < -0.4 is 10.6 Å². The molecule has 0 unspecified atom stereocenters. The Morgan fingerprint density at radius 2 is 1.70 bits per heavy atom. The molecule has 6 nitrogen and oxygen atoms in total. The van der Waals surface area contributed by atoms with Crippen molar-refractivity contribution in [3.8, 4) is 6.07 Å². The number of hydrogen-bond donors (Lipinski definition) is 2. The third-order valence-corrected chi connectivity index (χ3v) is 6.69. The number of aryl methyl sites for hydroxylation is 2. The highest BCUT2D eigenvalue weighted by atomic mass is 16.2. The SMILES string of the molecule is Cc1ccc(C(=O)N2CCC(c3ccc(C#N)cc3)CC2)cc1C.O=CNC1CCNCC1. The lowest BCUT2D eigenvalue weighted by molar-refractivity contribution is -0.110. The standard InChI is InChI=1S/C21H22N2O.C6H12N2O/c1-15-3-6-20(13-16(15)2)21(24)23-11-9-19(10-12-23)18-7-4-17(14-22)5-8-18;9-5-8-6-1-3-7-4-2-6/h3-8,13,19H,9-12H2,1-2H3;5-7H,1-4H2,(H,8,9). The van der Waals surface area contributed by atoms with Crippen LogP contribution in [-0.4, -0.2) is 49.4 Å². The van der Waals surface area contributed by atoms with Crippen LogP contribution in [0, 0.1) is 25.2 Å². The van der Waals surface area contributed by atoms with Crippen molar-refractivity contribution in [1.82, 2.24) is 15.5 Å². The molecule has 4 rings (SSSR count). The number of likely N-dealkylation sites (tertiary alicyclic amines) is 1. The van der Waals surface area contributed by atoms with E-state index < -0.39 is 0 Å². The number of carbonyl (C=O) groups excluding carboxylic acids is 2. The van der Waals surface area contributed by atoms with Crippen molar-refractivity contribution < 1.29 is 9.59 Å². The Morgan fingerprint density at radius 1 is 1.03 bits per heavy atom. The molecule has 0 saturated carbocycles. The Balaban J connectivity index is 0.000000286. The number of nitrogens with zero attached hydrogens (tertiary/aromatic N) is 2. The van der Waals surface area contributed by atoms with Crippen LogP contribution in [0.1, 0.15) is 64.2 Å². The van der Waals surface area contributed by atoms with Gasteiger partial charge in [0.2, 0.25) is 6.41 Å². The Hall–Kier alpha value is -3.17. The predicted octanol–water partition coefficient (Wildman–Crippen LogP) is 3.68. The van der Waals surface area contributed by atoms with Crippen LogP contribution in [0.5, 0.6) is 0 Å². The van der Waals surface area contributed by atoms with Gasteiger partial charge >= 0.3 is 0 Å². The average Bonchev–Trinajstić information content (AvgIpc) is 2.87. The van der Waals surface area contributed by atoms with E-state index in [1.54, 1.807) is 0 Å². The summed E-state index contributed by atoms with van der Waals surface area (Å²) in [5, 5.41) is 14.9. The first-order valence-electron chi connectivity index (χ1n) is 11.8. The topological polar surface area (TPSA) is 85.2 Å². The zero-order valence-corrected chi connectivity index (χ0v) is 19.6. The summed E-state index contributed by atoms with van der Waals surface area (Å²) in [5.74, 6) is 0.609. The van der Waals surface area contributed by atoms with E-state index in [-0.39, 0.29) is 5.91 Å². The molecule has 0 bridgehead atoms. The Bertz CT molecular complexity index is 967. The Labute approximate surface area is 197 Å². The Morgan fingerprint density at radius 3 is 2.27 bits per heavy atom. The molecule has 0 radical (unpaired) electrons. The minimum atomic E-state index is 0.136. The Kier molecular flexibility index (Phi) is 9.03. The van der Waals surface area contributed by atoms with E-state index in [0.717, 1.165) is 69.4 Å². The van der Waals surface area contributed by atoms with Gasteiger partial charge in [-0.1, -0.05) is 18.2 Å². The van der Waals surface area contributed by atoms with E-state index in [2.05, 4.69) is 23.6 Å². The summed E-state index contributed by atoms with van der Waals surface area (Å²) in [4.78, 5) is 24.6. The molecule has 2 fully saturated rings. The van der Waals surface area contributed by atoms with Crippen molar-refractivity contribution in [3.63, 3.8) is 0 Å². The van der Waals surface area contributed by atoms with Crippen LogP contribution in [0.4, 0.5) is 0 Å². The zero-order chi connectivity index (χ0) is 23.6. The first-order valence-corrected chi connectivity index (χ1v) is 11.8. The van der Waals surface area contributed by atoms with Gasteiger partial charge in [0.05, 0.1) is 11.6 Å². The van der Waals surface area contributed by atoms with E-state index in [0.29, 0.717) is 17.5 Å². The molecular formula is C27H34N4O2. The number of nitriles is 1. The molecular weight excluding hydrogens is 412 g/mol. The lowest BCUT2D eigenvalue weighted by Crippen LogP contribution is -2.39. The smallest absolute Gasteiger partial charge is 0.253 e. The number of piperidine rings is 2. The maximum Gasteiger partial charge on any atom is 0.253 e. The molecule has 2 heterocycles. The quantitative estimate of drug-likeness (QED) is 0.702. The van der Waals surface area contributed by atoms with Crippen molar-refractivity contribution in [2.24, 2.45) is 0 Å². The van der Waals surface area contributed by atoms with E-state index in [4.69, 9.17) is 5.26 Å². The second-order valence-electron chi connectivity index (χ2n) is 8.91. The summed E-state index contributed by atoms with van der Waals surface area (Å²) in [6.07, 6.45) is 4.87. The van der Waals surface area contributed by atoms with Gasteiger partial charge in [-0.2, -0.15) is 5.26 Å². The maximum atomic E-state index is 12.7. The highest BCUT2D eigenvalue weighted by Gasteiger charge is 2.24. The molecule has 0 spiro atoms. The first kappa shape index (κ1) is 24.5. The van der Waals surface area contributed by atoms with E-state index in [1.165, 1.54) is 11.1 Å². The van der Waals surface area contributed by atoms with Gasteiger partial charge in [-0.05, 0) is 99.5 Å². The van der Waals surface area contributed by atoms with Gasteiger partial charge in [-0.15, -0.1) is 0 Å². The van der Waals surface area contributed by atoms with Gasteiger partial charge in [-0.25, -0.2) is 0 Å². The summed E-state index contributed by atoms with van der Waals surface area (Å²) in [5.41, 5.74) is 5.13. The van der Waals surface area contributed by atoms with Gasteiger partial charge in [0.1, 0.15) is 0 Å². The van der Waals surface area contributed by atoms with Crippen molar-refractivity contribution in [1.29, 1.82) is 5.26 Å². The second-order valence-corrected chi connectivity index (χ2v) is 8.91. The highest BCUT2D eigenvalue weighted by Crippen LogP contribution is 2.29. The first-order chi connectivity index (χ1) is 16.0. The summed E-state index contributed by atoms with van der Waals surface area (Å²) in [6, 6.07) is 16.4. The molecule has 33 heavy (non-hydrogen) atoms. The van der Waals surface area contributed by atoms with Crippen molar-refractivity contribution in [2.45, 2.75) is 51.5 Å². The van der Waals surface area contributed by atoms with Crippen LogP contribution in [-0.2, 0) is 4.79 Å². The van der Waals surface area contributed by atoms with Crippen LogP contribution in [0.25, 0.3) is 0 Å². The van der Waals surface area contributed by atoms with Crippen molar-refractivity contribution >= 4 is 12.3 Å². The van der Waals surface area contributed by atoms with Gasteiger partial charge in [0, 0.05) is 24.7 Å². The number of carbonyl (C=O) groups is 2. The summed E-state index contributed by atoms with van der Waals surface area (Å²) >= 11 is 0. The molecule has 2 aromatic rings. The second kappa shape index (κ2) is 12.2. The van der Waals surface area contributed by atoms with Crippen LogP contribution in [0.15, 0.2) is 42.5 Å². The zero-order valence-electron chi connectivity index (χ0n) is 19.6. The minimum Gasteiger partial charge on any atom is -0.356 e. The fourth-order valence-corrected chi connectivity index (χ4v) is 4.39. The van der Waals surface area contributed by atoms with Gasteiger partial charge in [-0.3, -0.25) is 9.59 Å². The van der Waals surface area contributed by atoms with Crippen molar-refractivity contribution in [2.75, 3.05) is 26.2 Å². The van der Waals surface area contributed by atoms with E-state index in [1.807, 2.05) is 54.3 Å². The van der Waals surface area contributed by atoms with Crippen LogP contribution >= 0.6 is 0 Å². The fourth-order valence-electron chi connectivity index (χ4n) is 4.39. The molecule has 0 aromatic heterocycles. The number of nitrogens with one attached hydrogen (secondary N) is 2. The van der Waals surface area contributed by atoms with Gasteiger partial charge < -0.3 is 15.5 Å². The summed E-state index contributed by atoms with van der Waals surface area (Å²) in [7, 11) is 0. The van der Waals surface area contributed by atoms with Crippen LogP contribution in [0.2, 0.25) is 0 Å². The highest BCUT2D eigenvalue weighted by molar-refractivity contribution is 5.94. The predicted molar refractivity (Wildman–Crippen MR) is 130 cm³/mol. The van der Waals surface area contributed by atoms with E-state index in [9.17, 15) is 9.59 Å². The van der Waals surface area contributed by atoms with Crippen LogP contribution in [0.3, 0.4) is 0 Å². The maximum absolute atomic E-state index is 12.7. The molecule has 2 N–H and O–H groups in total. The van der Waals surface area contributed by atoms with Gasteiger partial charge in [0.25, 0.3) is 5.91 Å². The fraction of sp³-hybridized carbons (Fsp3) is 0.444. The molecule has 2 saturated heterocycles. The number of rotatable bonds is 4. The summed E-state index contributed by atoms with van der Waals surface area (Å²) < 4.78 is 0. The molecule has 2 aliphatic heterocycles. The number of benzene rings is 2. The normalized spacial score (nSPS) is 16.8. The molecule has 0 aliphatic carbocycles. The molecule has 2 aromatic carbocycles. The minimum absolute atomic E-state index is 0.136. The third-order valence-electron chi connectivity index (χ3n) is 6.69. The average molecular weight is 447 g/mol. The molecule has 2 amide bonds. The van der Waals surface area contributed by atoms with E-state index >= 15 is 0 Å². The number of amides is 2. The largest absolute Gasteiger partial charge is 0.356 e. The lowest BCUT2D eigenvalue weighted by Gasteiger charge is -2.32.